The van der Waals surface area contributed by atoms with Gasteiger partial charge in [-0.1, -0.05) is 31.2 Å². The van der Waals surface area contributed by atoms with Crippen molar-refractivity contribution in [1.29, 1.82) is 0 Å². The van der Waals surface area contributed by atoms with Crippen LogP contribution in [0.4, 0.5) is 0 Å². The van der Waals surface area contributed by atoms with E-state index in [2.05, 4.69) is 19.1 Å². The first-order valence-electron chi connectivity index (χ1n) is 7.31. The molecule has 0 aliphatic rings. The van der Waals surface area contributed by atoms with E-state index in [0.29, 0.717) is 6.61 Å². The molecule has 0 aliphatic carbocycles. The first-order valence-corrected chi connectivity index (χ1v) is 7.31. The van der Waals surface area contributed by atoms with Crippen molar-refractivity contribution in [2.45, 2.75) is 32.4 Å². The Morgan fingerprint density at radius 2 is 1.67 bits per heavy atom. The third-order valence-electron chi connectivity index (χ3n) is 3.46. The average Bonchev–Trinajstić information content (AvgIpc) is 2.53. The van der Waals surface area contributed by atoms with Crippen LogP contribution >= 0.6 is 0 Å². The molecule has 0 bridgehead atoms. The fourth-order valence-corrected chi connectivity index (χ4v) is 2.14. The highest BCUT2D eigenvalue weighted by molar-refractivity contribution is 5.31. The Labute approximate surface area is 126 Å². The number of benzene rings is 2. The van der Waals surface area contributed by atoms with Gasteiger partial charge in [0.25, 0.3) is 0 Å². The Hall–Kier alpha value is -2.00. The highest BCUT2D eigenvalue weighted by atomic mass is 16.5. The quantitative estimate of drug-likeness (QED) is 0.846. The summed E-state index contributed by atoms with van der Waals surface area (Å²) in [6.07, 6.45) is 1.86. The second-order valence-corrected chi connectivity index (χ2v) is 5.16. The van der Waals surface area contributed by atoms with E-state index >= 15 is 0 Å². The SMILES string of the molecule is CCC(N)Cc1cccc(OCc2cccc(OC)c2)c1. The lowest BCUT2D eigenvalue weighted by molar-refractivity contribution is 0.305. The van der Waals surface area contributed by atoms with E-state index in [1.54, 1.807) is 7.11 Å². The van der Waals surface area contributed by atoms with Gasteiger partial charge in [-0.25, -0.2) is 0 Å². The van der Waals surface area contributed by atoms with Gasteiger partial charge in [-0.15, -0.1) is 0 Å². The van der Waals surface area contributed by atoms with Gasteiger partial charge in [0.15, 0.2) is 0 Å². The van der Waals surface area contributed by atoms with E-state index in [1.165, 1.54) is 5.56 Å². The number of hydrogen-bond acceptors (Lipinski definition) is 3. The summed E-state index contributed by atoms with van der Waals surface area (Å²) in [5.74, 6) is 1.72. The molecule has 0 fully saturated rings. The van der Waals surface area contributed by atoms with Crippen LogP contribution in [-0.2, 0) is 13.0 Å². The molecule has 2 N–H and O–H groups in total. The maximum absolute atomic E-state index is 6.00. The molecule has 0 saturated carbocycles. The Balaban J connectivity index is 1.97. The molecule has 2 rings (SSSR count). The monoisotopic (exact) mass is 285 g/mol. The van der Waals surface area contributed by atoms with Gasteiger partial charge in [0, 0.05) is 6.04 Å². The molecule has 1 unspecified atom stereocenters. The lowest BCUT2D eigenvalue weighted by Gasteiger charge is -2.11. The normalized spacial score (nSPS) is 12.0. The molecule has 3 heteroatoms. The lowest BCUT2D eigenvalue weighted by atomic mass is 10.0. The topological polar surface area (TPSA) is 44.5 Å². The van der Waals surface area contributed by atoms with Gasteiger partial charge in [0.1, 0.15) is 18.1 Å². The van der Waals surface area contributed by atoms with Gasteiger partial charge >= 0.3 is 0 Å². The minimum Gasteiger partial charge on any atom is -0.497 e. The largest absolute Gasteiger partial charge is 0.497 e. The number of ether oxygens (including phenoxy) is 2. The minimum absolute atomic E-state index is 0.207. The molecular formula is C18H23NO2. The van der Waals surface area contributed by atoms with Crippen molar-refractivity contribution in [3.05, 3.63) is 59.7 Å². The van der Waals surface area contributed by atoms with E-state index < -0.39 is 0 Å². The van der Waals surface area contributed by atoms with Crippen molar-refractivity contribution < 1.29 is 9.47 Å². The fourth-order valence-electron chi connectivity index (χ4n) is 2.14. The smallest absolute Gasteiger partial charge is 0.120 e. The molecule has 21 heavy (non-hydrogen) atoms. The second-order valence-electron chi connectivity index (χ2n) is 5.16. The average molecular weight is 285 g/mol. The van der Waals surface area contributed by atoms with E-state index in [-0.39, 0.29) is 6.04 Å². The molecule has 112 valence electrons. The molecule has 0 amide bonds. The molecule has 2 aromatic carbocycles. The summed E-state index contributed by atoms with van der Waals surface area (Å²) in [4.78, 5) is 0. The molecule has 0 aromatic heterocycles. The molecule has 0 spiro atoms. The number of nitrogens with two attached hydrogens (primary N) is 1. The summed E-state index contributed by atoms with van der Waals surface area (Å²) in [7, 11) is 1.67. The molecule has 0 aliphatic heterocycles. The third-order valence-corrected chi connectivity index (χ3v) is 3.46. The van der Waals surface area contributed by atoms with E-state index in [4.69, 9.17) is 15.2 Å². The van der Waals surface area contributed by atoms with Gasteiger partial charge in [0.2, 0.25) is 0 Å². The maximum Gasteiger partial charge on any atom is 0.120 e. The Morgan fingerprint density at radius 3 is 2.38 bits per heavy atom. The van der Waals surface area contributed by atoms with Gasteiger partial charge in [0.05, 0.1) is 7.11 Å². The molecule has 0 saturated heterocycles. The summed E-state index contributed by atoms with van der Waals surface area (Å²) in [5, 5.41) is 0. The fraction of sp³-hybridized carbons (Fsp3) is 0.333. The van der Waals surface area contributed by atoms with Crippen LogP contribution in [0.25, 0.3) is 0 Å². The Bertz CT molecular complexity index is 569. The van der Waals surface area contributed by atoms with E-state index in [1.807, 2.05) is 36.4 Å². The molecule has 2 aromatic rings. The van der Waals surface area contributed by atoms with Crippen molar-refractivity contribution in [3.8, 4) is 11.5 Å². The molecule has 0 radical (unpaired) electrons. The molecule has 3 nitrogen and oxygen atoms in total. The predicted octanol–water partition coefficient (Wildman–Crippen LogP) is 3.55. The van der Waals surface area contributed by atoms with Crippen molar-refractivity contribution in [2.24, 2.45) is 5.73 Å². The molecule has 0 heterocycles. The minimum atomic E-state index is 0.207. The lowest BCUT2D eigenvalue weighted by Crippen LogP contribution is -2.21. The first-order chi connectivity index (χ1) is 10.2. The number of methoxy groups -OCH3 is 1. The summed E-state index contributed by atoms with van der Waals surface area (Å²) < 4.78 is 11.1. The van der Waals surface area contributed by atoms with Crippen LogP contribution in [0.2, 0.25) is 0 Å². The summed E-state index contributed by atoms with van der Waals surface area (Å²) in [5.41, 5.74) is 8.30. The van der Waals surface area contributed by atoms with Crippen molar-refractivity contribution >= 4 is 0 Å². The maximum atomic E-state index is 6.00. The van der Waals surface area contributed by atoms with Crippen molar-refractivity contribution in [1.82, 2.24) is 0 Å². The van der Waals surface area contributed by atoms with E-state index in [9.17, 15) is 0 Å². The Kier molecular flexibility index (Phi) is 5.64. The zero-order chi connectivity index (χ0) is 15.1. The second kappa shape index (κ2) is 7.70. The zero-order valence-electron chi connectivity index (χ0n) is 12.7. The third kappa shape index (κ3) is 4.80. The molecular weight excluding hydrogens is 262 g/mol. The molecule has 1 atom stereocenters. The van der Waals surface area contributed by atoms with Gasteiger partial charge in [-0.05, 0) is 48.2 Å². The van der Waals surface area contributed by atoms with Gasteiger partial charge < -0.3 is 15.2 Å². The van der Waals surface area contributed by atoms with Gasteiger partial charge in [-0.2, -0.15) is 0 Å². The highest BCUT2D eigenvalue weighted by Gasteiger charge is 2.03. The van der Waals surface area contributed by atoms with Crippen LogP contribution in [0.1, 0.15) is 24.5 Å². The van der Waals surface area contributed by atoms with Crippen LogP contribution < -0.4 is 15.2 Å². The Morgan fingerprint density at radius 1 is 1.00 bits per heavy atom. The summed E-state index contributed by atoms with van der Waals surface area (Å²) >= 11 is 0. The summed E-state index contributed by atoms with van der Waals surface area (Å²) in [6.45, 7) is 2.63. The highest BCUT2D eigenvalue weighted by Crippen LogP contribution is 2.18. The standard InChI is InChI=1S/C18H23NO2/c1-3-16(19)10-14-6-4-9-18(11-14)21-13-15-7-5-8-17(12-15)20-2/h4-9,11-12,16H,3,10,13,19H2,1-2H3. The predicted molar refractivity (Wildman–Crippen MR) is 85.7 cm³/mol. The van der Waals surface area contributed by atoms with Crippen molar-refractivity contribution in [2.75, 3.05) is 7.11 Å². The van der Waals surface area contributed by atoms with Crippen LogP contribution in [-0.4, -0.2) is 13.2 Å². The van der Waals surface area contributed by atoms with Crippen LogP contribution in [0.3, 0.4) is 0 Å². The van der Waals surface area contributed by atoms with Crippen LogP contribution in [0.15, 0.2) is 48.5 Å². The van der Waals surface area contributed by atoms with Crippen molar-refractivity contribution in [3.63, 3.8) is 0 Å². The van der Waals surface area contributed by atoms with Crippen LogP contribution in [0, 0.1) is 0 Å². The number of rotatable bonds is 7. The van der Waals surface area contributed by atoms with Crippen LogP contribution in [0.5, 0.6) is 11.5 Å². The number of hydrogen-bond donors (Lipinski definition) is 1. The first kappa shape index (κ1) is 15.4. The van der Waals surface area contributed by atoms with Gasteiger partial charge in [-0.3, -0.25) is 0 Å². The van der Waals surface area contributed by atoms with E-state index in [0.717, 1.165) is 29.9 Å². The zero-order valence-corrected chi connectivity index (χ0v) is 12.7. The summed E-state index contributed by atoms with van der Waals surface area (Å²) in [6, 6.07) is 16.3.